The van der Waals surface area contributed by atoms with E-state index in [4.69, 9.17) is 5.11 Å². The maximum atomic E-state index is 10.4. The molecule has 2 aromatic rings. The van der Waals surface area contributed by atoms with E-state index < -0.39 is 5.97 Å². The van der Waals surface area contributed by atoms with Crippen LogP contribution in [0.4, 0.5) is 0 Å². The van der Waals surface area contributed by atoms with Crippen molar-refractivity contribution in [1.29, 1.82) is 0 Å². The zero-order valence-corrected chi connectivity index (χ0v) is 10.5. The summed E-state index contributed by atoms with van der Waals surface area (Å²) in [5, 5.41) is 9.82. The molecule has 0 spiro atoms. The number of fused-ring (bicyclic) bond motifs is 1. The average molecular weight is 249 g/mol. The van der Waals surface area contributed by atoms with Crippen LogP contribution in [-0.4, -0.2) is 21.8 Å². The molecular weight excluding hydrogens is 234 g/mol. The Morgan fingerprint density at radius 2 is 2.18 bits per heavy atom. The number of aliphatic carboxylic acids is 1. The molecule has 0 unspecified atom stereocenters. The van der Waals surface area contributed by atoms with Crippen molar-refractivity contribution in [3.8, 4) is 0 Å². The van der Waals surface area contributed by atoms with Crippen LogP contribution in [0.3, 0.4) is 0 Å². The molecule has 0 fully saturated rings. The molecule has 1 aromatic heterocycles. The monoisotopic (exact) mass is 249 g/mol. The molecule has 17 heavy (non-hydrogen) atoms. The normalized spacial score (nSPS) is 10.9. The van der Waals surface area contributed by atoms with Crippen LogP contribution in [-0.2, 0) is 10.5 Å². The summed E-state index contributed by atoms with van der Waals surface area (Å²) < 4.78 is 0. The van der Waals surface area contributed by atoms with Crippen molar-refractivity contribution in [2.45, 2.75) is 19.1 Å². The number of carboxylic acids is 1. The van der Waals surface area contributed by atoms with Gasteiger partial charge in [-0.15, -0.1) is 0 Å². The SMILES string of the molecule is Cc1[nH]c2ccccc2c1CSCCC(=O)O. The molecule has 0 aliphatic rings. The molecule has 0 aliphatic carbocycles. The Morgan fingerprint density at radius 3 is 2.94 bits per heavy atom. The van der Waals surface area contributed by atoms with Gasteiger partial charge in [0, 0.05) is 28.1 Å². The maximum absolute atomic E-state index is 10.4. The minimum atomic E-state index is -0.729. The lowest BCUT2D eigenvalue weighted by Gasteiger charge is -2.00. The second-order valence-electron chi connectivity index (χ2n) is 3.97. The van der Waals surface area contributed by atoms with E-state index >= 15 is 0 Å². The van der Waals surface area contributed by atoms with Gasteiger partial charge in [-0.25, -0.2) is 0 Å². The molecule has 1 heterocycles. The first-order chi connectivity index (χ1) is 8.18. The summed E-state index contributed by atoms with van der Waals surface area (Å²) in [4.78, 5) is 13.8. The van der Waals surface area contributed by atoms with Crippen LogP contribution >= 0.6 is 11.8 Å². The van der Waals surface area contributed by atoms with Gasteiger partial charge in [-0.05, 0) is 18.6 Å². The quantitative estimate of drug-likeness (QED) is 0.800. The van der Waals surface area contributed by atoms with E-state index in [-0.39, 0.29) is 6.42 Å². The van der Waals surface area contributed by atoms with Crippen LogP contribution < -0.4 is 0 Å². The molecule has 3 nitrogen and oxygen atoms in total. The van der Waals surface area contributed by atoms with Gasteiger partial charge < -0.3 is 10.1 Å². The summed E-state index contributed by atoms with van der Waals surface area (Å²) in [6.45, 7) is 2.06. The van der Waals surface area contributed by atoms with Crippen LogP contribution in [0.1, 0.15) is 17.7 Å². The number of nitrogens with one attached hydrogen (secondary N) is 1. The highest BCUT2D eigenvalue weighted by atomic mass is 32.2. The number of aromatic nitrogens is 1. The predicted octanol–water partition coefficient (Wildman–Crippen LogP) is 3.18. The molecule has 0 atom stereocenters. The standard InChI is InChI=1S/C13H15NO2S/c1-9-11(8-17-7-6-13(15)16)10-4-2-3-5-12(10)14-9/h2-5,14H,6-8H2,1H3,(H,15,16). The van der Waals surface area contributed by atoms with Crippen LogP contribution in [0.25, 0.3) is 10.9 Å². The van der Waals surface area contributed by atoms with E-state index in [0.29, 0.717) is 5.75 Å². The fourth-order valence-corrected chi connectivity index (χ4v) is 2.89. The lowest BCUT2D eigenvalue weighted by molar-refractivity contribution is -0.136. The number of aryl methyl sites for hydroxylation is 1. The number of rotatable bonds is 5. The largest absolute Gasteiger partial charge is 0.481 e. The molecular formula is C13H15NO2S. The highest BCUT2D eigenvalue weighted by molar-refractivity contribution is 7.98. The Bertz CT molecular complexity index is 533. The van der Waals surface area contributed by atoms with Crippen molar-refractivity contribution in [2.24, 2.45) is 0 Å². The fraction of sp³-hybridized carbons (Fsp3) is 0.308. The topological polar surface area (TPSA) is 53.1 Å². The zero-order chi connectivity index (χ0) is 12.3. The minimum absolute atomic E-state index is 0.228. The molecule has 0 saturated heterocycles. The van der Waals surface area contributed by atoms with Gasteiger partial charge in [0.25, 0.3) is 0 Å². The lowest BCUT2D eigenvalue weighted by Crippen LogP contribution is -1.96. The van der Waals surface area contributed by atoms with Gasteiger partial charge in [0.05, 0.1) is 6.42 Å². The number of hydrogen-bond acceptors (Lipinski definition) is 2. The Balaban J connectivity index is 2.07. The Labute approximate surface area is 104 Å². The van der Waals surface area contributed by atoms with E-state index in [1.165, 1.54) is 16.6 Å². The van der Waals surface area contributed by atoms with E-state index in [0.717, 1.165) is 11.3 Å². The van der Waals surface area contributed by atoms with E-state index in [2.05, 4.69) is 24.0 Å². The Hall–Kier alpha value is -1.42. The van der Waals surface area contributed by atoms with E-state index in [1.54, 1.807) is 11.8 Å². The molecule has 4 heteroatoms. The zero-order valence-electron chi connectivity index (χ0n) is 9.69. The highest BCUT2D eigenvalue weighted by Crippen LogP contribution is 2.25. The third-order valence-corrected chi connectivity index (χ3v) is 3.72. The third kappa shape index (κ3) is 2.82. The van der Waals surface area contributed by atoms with E-state index in [9.17, 15) is 4.79 Å². The maximum Gasteiger partial charge on any atom is 0.304 e. The summed E-state index contributed by atoms with van der Waals surface area (Å²) in [5.41, 5.74) is 3.61. The summed E-state index contributed by atoms with van der Waals surface area (Å²) in [5.74, 6) is 0.797. The van der Waals surface area contributed by atoms with Gasteiger partial charge in [-0.1, -0.05) is 18.2 Å². The van der Waals surface area contributed by atoms with E-state index in [1.807, 2.05) is 12.1 Å². The van der Waals surface area contributed by atoms with Crippen LogP contribution in [0.2, 0.25) is 0 Å². The molecule has 0 amide bonds. The number of para-hydroxylation sites is 1. The van der Waals surface area contributed by atoms with Gasteiger partial charge >= 0.3 is 5.97 Å². The van der Waals surface area contributed by atoms with Crippen LogP contribution in [0, 0.1) is 6.92 Å². The number of carboxylic acid groups (broad SMARTS) is 1. The van der Waals surface area contributed by atoms with Crippen molar-refractivity contribution < 1.29 is 9.90 Å². The first kappa shape index (κ1) is 12.0. The number of carbonyl (C=O) groups is 1. The van der Waals surface area contributed by atoms with Crippen LogP contribution in [0.5, 0.6) is 0 Å². The molecule has 2 N–H and O–H groups in total. The number of thioether (sulfide) groups is 1. The number of benzene rings is 1. The number of hydrogen-bond donors (Lipinski definition) is 2. The number of aromatic amines is 1. The molecule has 0 aliphatic heterocycles. The highest BCUT2D eigenvalue weighted by Gasteiger charge is 2.07. The van der Waals surface area contributed by atoms with Crippen molar-refractivity contribution in [3.05, 3.63) is 35.5 Å². The average Bonchev–Trinajstić information content (AvgIpc) is 2.60. The third-order valence-electron chi connectivity index (χ3n) is 2.73. The smallest absolute Gasteiger partial charge is 0.304 e. The van der Waals surface area contributed by atoms with Crippen molar-refractivity contribution in [2.75, 3.05) is 5.75 Å². The van der Waals surface area contributed by atoms with Gasteiger partial charge in [0.1, 0.15) is 0 Å². The van der Waals surface area contributed by atoms with Crippen LogP contribution in [0.15, 0.2) is 24.3 Å². The van der Waals surface area contributed by atoms with Gasteiger partial charge in [0.15, 0.2) is 0 Å². The summed E-state index contributed by atoms with van der Waals surface area (Å²) in [7, 11) is 0. The summed E-state index contributed by atoms with van der Waals surface area (Å²) in [6.07, 6.45) is 0.228. The first-order valence-corrected chi connectivity index (χ1v) is 6.69. The van der Waals surface area contributed by atoms with Gasteiger partial charge in [-0.3, -0.25) is 4.79 Å². The first-order valence-electron chi connectivity index (χ1n) is 5.54. The fourth-order valence-electron chi connectivity index (χ4n) is 1.85. The molecule has 1 aromatic carbocycles. The van der Waals surface area contributed by atoms with Gasteiger partial charge in [-0.2, -0.15) is 11.8 Å². The second-order valence-corrected chi connectivity index (χ2v) is 5.08. The summed E-state index contributed by atoms with van der Waals surface area (Å²) in [6, 6.07) is 8.21. The Morgan fingerprint density at radius 1 is 1.41 bits per heavy atom. The molecule has 0 radical (unpaired) electrons. The number of H-pyrrole nitrogens is 1. The van der Waals surface area contributed by atoms with Crippen molar-refractivity contribution >= 4 is 28.6 Å². The summed E-state index contributed by atoms with van der Waals surface area (Å²) >= 11 is 1.67. The minimum Gasteiger partial charge on any atom is -0.481 e. The molecule has 2 rings (SSSR count). The van der Waals surface area contributed by atoms with Crippen molar-refractivity contribution in [3.63, 3.8) is 0 Å². The Kier molecular flexibility index (Phi) is 3.74. The molecule has 0 bridgehead atoms. The predicted molar refractivity (Wildman–Crippen MR) is 71.5 cm³/mol. The molecule has 0 saturated carbocycles. The lowest BCUT2D eigenvalue weighted by atomic mass is 10.1. The van der Waals surface area contributed by atoms with Gasteiger partial charge in [0.2, 0.25) is 0 Å². The second kappa shape index (κ2) is 5.27. The molecule has 90 valence electrons. The van der Waals surface area contributed by atoms with Crippen molar-refractivity contribution in [1.82, 2.24) is 4.98 Å².